The highest BCUT2D eigenvalue weighted by Gasteiger charge is 2.16. The molecule has 0 bridgehead atoms. The van der Waals surface area contributed by atoms with E-state index in [2.05, 4.69) is 15.9 Å². The molecule has 4 nitrogen and oxygen atoms in total. The van der Waals surface area contributed by atoms with Crippen molar-refractivity contribution in [2.75, 3.05) is 17.1 Å². The molecule has 0 radical (unpaired) electrons. The van der Waals surface area contributed by atoms with E-state index in [1.165, 1.54) is 4.31 Å². The van der Waals surface area contributed by atoms with Gasteiger partial charge in [0.25, 0.3) is 0 Å². The van der Waals surface area contributed by atoms with E-state index in [0.29, 0.717) is 12.0 Å². The number of rotatable bonds is 5. The summed E-state index contributed by atoms with van der Waals surface area (Å²) >= 11 is 3.27. The predicted octanol–water partition coefficient (Wildman–Crippen LogP) is 1.80. The van der Waals surface area contributed by atoms with Gasteiger partial charge in [0.05, 0.1) is 11.9 Å². The summed E-state index contributed by atoms with van der Waals surface area (Å²) in [6, 6.07) is 6.90. The van der Waals surface area contributed by atoms with Gasteiger partial charge in [-0.15, -0.1) is 0 Å². The molecule has 6 heteroatoms. The lowest BCUT2D eigenvalue weighted by Crippen LogP contribution is -2.30. The molecule has 0 amide bonds. The molecule has 1 aromatic rings. The molecule has 16 heavy (non-hydrogen) atoms. The summed E-state index contributed by atoms with van der Waals surface area (Å²) in [5.74, 6) is 0. The Hall–Kier alpha value is -0.880. The molecule has 1 aromatic carbocycles. The molecule has 0 fully saturated rings. The predicted molar refractivity (Wildman–Crippen MR) is 67.0 cm³/mol. The van der Waals surface area contributed by atoms with Crippen LogP contribution in [-0.2, 0) is 14.8 Å². The fraction of sp³-hybridized carbons (Fsp3) is 0.300. The summed E-state index contributed by atoms with van der Waals surface area (Å²) in [5, 5.41) is 0. The monoisotopic (exact) mass is 305 g/mol. The van der Waals surface area contributed by atoms with Crippen LogP contribution in [0, 0.1) is 0 Å². The summed E-state index contributed by atoms with van der Waals surface area (Å²) in [6.45, 7) is 0.171. The number of carbonyl (C=O) groups excluding carboxylic acids is 1. The maximum absolute atomic E-state index is 11.5. The molecule has 0 unspecified atom stereocenters. The summed E-state index contributed by atoms with van der Waals surface area (Å²) < 4.78 is 25.1. The topological polar surface area (TPSA) is 54.5 Å². The van der Waals surface area contributed by atoms with Gasteiger partial charge >= 0.3 is 0 Å². The third-order valence-electron chi connectivity index (χ3n) is 1.96. The van der Waals surface area contributed by atoms with Crippen LogP contribution in [0.1, 0.15) is 6.42 Å². The number of sulfonamides is 1. The average molecular weight is 306 g/mol. The number of anilines is 1. The number of hydrogen-bond donors (Lipinski definition) is 0. The van der Waals surface area contributed by atoms with Crippen molar-refractivity contribution in [3.63, 3.8) is 0 Å². The Morgan fingerprint density at radius 2 is 1.88 bits per heavy atom. The van der Waals surface area contributed by atoms with Crippen LogP contribution < -0.4 is 4.31 Å². The lowest BCUT2D eigenvalue weighted by atomic mass is 10.3. The van der Waals surface area contributed by atoms with Gasteiger partial charge in [0.15, 0.2) is 0 Å². The molecule has 0 heterocycles. The number of aldehydes is 1. The van der Waals surface area contributed by atoms with E-state index in [4.69, 9.17) is 0 Å². The SMILES string of the molecule is CS(=O)(=O)N(CCC=O)c1ccc(Br)cc1. The molecule has 0 saturated carbocycles. The molecule has 0 atom stereocenters. The Kier molecular flexibility index (Phi) is 4.49. The molecular weight excluding hydrogens is 294 g/mol. The first-order chi connectivity index (χ1) is 7.45. The van der Waals surface area contributed by atoms with Crippen LogP contribution in [0.5, 0.6) is 0 Å². The van der Waals surface area contributed by atoms with Crippen LogP contribution in [0.15, 0.2) is 28.7 Å². The Balaban J connectivity index is 3.01. The lowest BCUT2D eigenvalue weighted by Gasteiger charge is -2.21. The number of benzene rings is 1. The van der Waals surface area contributed by atoms with Crippen molar-refractivity contribution < 1.29 is 13.2 Å². The molecule has 0 N–H and O–H groups in total. The number of hydrogen-bond acceptors (Lipinski definition) is 3. The minimum absolute atomic E-state index is 0.171. The van der Waals surface area contributed by atoms with Gasteiger partial charge in [0.2, 0.25) is 10.0 Å². The zero-order valence-electron chi connectivity index (χ0n) is 8.76. The van der Waals surface area contributed by atoms with Crippen molar-refractivity contribution >= 4 is 37.9 Å². The fourth-order valence-electron chi connectivity index (χ4n) is 1.26. The molecule has 0 aliphatic rings. The largest absolute Gasteiger partial charge is 0.303 e. The molecule has 0 aromatic heterocycles. The van der Waals surface area contributed by atoms with Gasteiger partial charge < -0.3 is 4.79 Å². The second-order valence-corrected chi connectivity index (χ2v) is 6.09. The lowest BCUT2D eigenvalue weighted by molar-refractivity contribution is -0.107. The van der Waals surface area contributed by atoms with E-state index >= 15 is 0 Å². The van der Waals surface area contributed by atoms with Gasteiger partial charge in [0.1, 0.15) is 6.29 Å². The first-order valence-electron chi connectivity index (χ1n) is 4.62. The number of nitrogens with zero attached hydrogens (tertiary/aromatic N) is 1. The minimum Gasteiger partial charge on any atom is -0.303 e. The second kappa shape index (κ2) is 5.45. The van der Waals surface area contributed by atoms with E-state index in [9.17, 15) is 13.2 Å². The molecule has 1 rings (SSSR count). The minimum atomic E-state index is -3.34. The maximum Gasteiger partial charge on any atom is 0.232 e. The van der Waals surface area contributed by atoms with Crippen molar-refractivity contribution in [2.24, 2.45) is 0 Å². The van der Waals surface area contributed by atoms with Gasteiger partial charge in [-0.25, -0.2) is 8.42 Å². The third kappa shape index (κ3) is 3.61. The van der Waals surface area contributed by atoms with Crippen molar-refractivity contribution in [3.05, 3.63) is 28.7 Å². The molecular formula is C10H12BrNO3S. The first kappa shape index (κ1) is 13.2. The van der Waals surface area contributed by atoms with Crippen LogP contribution >= 0.6 is 15.9 Å². The first-order valence-corrected chi connectivity index (χ1v) is 7.26. The molecule has 0 aliphatic carbocycles. The van der Waals surface area contributed by atoms with Crippen LogP contribution in [0.4, 0.5) is 5.69 Å². The van der Waals surface area contributed by atoms with Gasteiger partial charge in [-0.05, 0) is 24.3 Å². The summed E-state index contributed by atoms with van der Waals surface area (Å²) in [5.41, 5.74) is 0.563. The zero-order chi connectivity index (χ0) is 12.2. The van der Waals surface area contributed by atoms with E-state index < -0.39 is 10.0 Å². The highest BCUT2D eigenvalue weighted by Crippen LogP contribution is 2.20. The molecule has 0 aliphatic heterocycles. The van der Waals surface area contributed by atoms with Gasteiger partial charge in [-0.1, -0.05) is 15.9 Å². The fourth-order valence-corrected chi connectivity index (χ4v) is 2.47. The van der Waals surface area contributed by atoms with E-state index in [-0.39, 0.29) is 13.0 Å². The number of carbonyl (C=O) groups is 1. The average Bonchev–Trinajstić information content (AvgIpc) is 2.19. The van der Waals surface area contributed by atoms with Crippen LogP contribution in [0.25, 0.3) is 0 Å². The third-order valence-corrected chi connectivity index (χ3v) is 3.69. The highest BCUT2D eigenvalue weighted by molar-refractivity contribution is 9.10. The molecule has 88 valence electrons. The smallest absolute Gasteiger partial charge is 0.232 e. The summed E-state index contributed by atoms with van der Waals surface area (Å²) in [6.07, 6.45) is 2.01. The standard InChI is InChI=1S/C10H12BrNO3S/c1-16(14,15)12(7-2-8-13)10-5-3-9(11)4-6-10/h3-6,8H,2,7H2,1H3. The van der Waals surface area contributed by atoms with Crippen molar-refractivity contribution in [2.45, 2.75) is 6.42 Å². The van der Waals surface area contributed by atoms with E-state index in [0.717, 1.165) is 10.7 Å². The van der Waals surface area contributed by atoms with E-state index in [1.807, 2.05) is 0 Å². The van der Waals surface area contributed by atoms with Crippen molar-refractivity contribution in [1.82, 2.24) is 0 Å². The van der Waals surface area contributed by atoms with Crippen molar-refractivity contribution in [1.29, 1.82) is 0 Å². The Labute approximate surface area is 103 Å². The summed E-state index contributed by atoms with van der Waals surface area (Å²) in [4.78, 5) is 10.3. The van der Waals surface area contributed by atoms with Crippen molar-refractivity contribution in [3.8, 4) is 0 Å². The number of halogens is 1. The van der Waals surface area contributed by atoms with Crippen LogP contribution in [-0.4, -0.2) is 27.5 Å². The Morgan fingerprint density at radius 3 is 2.31 bits per heavy atom. The normalized spacial score (nSPS) is 11.1. The van der Waals surface area contributed by atoms with Gasteiger partial charge in [-0.3, -0.25) is 4.31 Å². The van der Waals surface area contributed by atoms with Crippen LogP contribution in [0.2, 0.25) is 0 Å². The van der Waals surface area contributed by atoms with Gasteiger partial charge in [-0.2, -0.15) is 0 Å². The van der Waals surface area contributed by atoms with E-state index in [1.54, 1.807) is 24.3 Å². The highest BCUT2D eigenvalue weighted by atomic mass is 79.9. The quantitative estimate of drug-likeness (QED) is 0.780. The summed E-state index contributed by atoms with van der Waals surface area (Å²) in [7, 11) is -3.34. The maximum atomic E-state index is 11.5. The molecule has 0 saturated heterocycles. The zero-order valence-corrected chi connectivity index (χ0v) is 11.2. The second-order valence-electron chi connectivity index (χ2n) is 3.27. The Bertz CT molecular complexity index is 455. The van der Waals surface area contributed by atoms with Gasteiger partial charge in [0, 0.05) is 17.4 Å². The molecule has 0 spiro atoms. The Morgan fingerprint density at radius 1 is 1.31 bits per heavy atom. The van der Waals surface area contributed by atoms with Crippen LogP contribution in [0.3, 0.4) is 0 Å².